The van der Waals surface area contributed by atoms with Crippen LogP contribution in [0.15, 0.2) is 22.7 Å². The summed E-state index contributed by atoms with van der Waals surface area (Å²) in [6.45, 7) is 5.14. The Bertz CT molecular complexity index is 465. The van der Waals surface area contributed by atoms with Gasteiger partial charge in [-0.2, -0.15) is 0 Å². The van der Waals surface area contributed by atoms with Crippen LogP contribution in [-0.4, -0.2) is 11.0 Å². The molecule has 0 aliphatic heterocycles. The maximum absolute atomic E-state index is 4.57. The molecule has 0 bridgehead atoms. The van der Waals surface area contributed by atoms with Crippen LogP contribution in [0.4, 0.5) is 0 Å². The number of benzene rings is 1. The van der Waals surface area contributed by atoms with Crippen LogP contribution in [0.2, 0.25) is 0 Å². The fourth-order valence-corrected chi connectivity index (χ4v) is 2.56. The second kappa shape index (κ2) is 4.60. The van der Waals surface area contributed by atoms with Gasteiger partial charge in [0.2, 0.25) is 0 Å². The zero-order valence-electron chi connectivity index (χ0n) is 8.75. The molecule has 1 aromatic carbocycles. The van der Waals surface area contributed by atoms with E-state index in [2.05, 4.69) is 58.3 Å². The maximum Gasteiger partial charge on any atom is 0.108 e. The van der Waals surface area contributed by atoms with Gasteiger partial charge in [-0.3, -0.25) is 0 Å². The van der Waals surface area contributed by atoms with Gasteiger partial charge in [0.05, 0.1) is 10.2 Å². The molecule has 1 aromatic heterocycles. The molecule has 0 fully saturated rings. The first-order valence-corrected chi connectivity index (χ1v) is 6.54. The lowest BCUT2D eigenvalue weighted by atomic mass is 10.3. The van der Waals surface area contributed by atoms with Gasteiger partial charge in [0.25, 0.3) is 0 Å². The topological polar surface area (TPSA) is 24.9 Å². The number of aromatic nitrogens is 1. The summed E-state index contributed by atoms with van der Waals surface area (Å²) >= 11 is 5.21. The molecule has 2 rings (SSSR count). The minimum atomic E-state index is 0.503. The highest BCUT2D eigenvalue weighted by atomic mass is 79.9. The van der Waals surface area contributed by atoms with Gasteiger partial charge in [-0.1, -0.05) is 29.8 Å². The van der Waals surface area contributed by atoms with E-state index in [1.807, 2.05) is 0 Å². The summed E-state index contributed by atoms with van der Waals surface area (Å²) < 4.78 is 2.34. The predicted molar refractivity (Wildman–Crippen MR) is 69.3 cm³/mol. The molecule has 80 valence electrons. The number of nitrogens with zero attached hydrogens (tertiary/aromatic N) is 1. The van der Waals surface area contributed by atoms with E-state index in [1.54, 1.807) is 11.3 Å². The third-order valence-corrected chi connectivity index (χ3v) is 3.59. The summed E-state index contributed by atoms with van der Waals surface area (Å²) in [6.07, 6.45) is 0. The second-order valence-electron chi connectivity index (χ2n) is 3.76. The molecular formula is C11H13BrN2S. The SMILES string of the molecule is CC(C)NCc1nc2cc(Br)ccc2s1. The third kappa shape index (κ3) is 2.77. The third-order valence-electron chi connectivity index (χ3n) is 2.06. The molecule has 0 radical (unpaired) electrons. The molecule has 4 heteroatoms. The normalized spacial score (nSPS) is 11.5. The van der Waals surface area contributed by atoms with Crippen LogP contribution in [0.3, 0.4) is 0 Å². The monoisotopic (exact) mass is 284 g/mol. The van der Waals surface area contributed by atoms with Gasteiger partial charge in [-0.15, -0.1) is 11.3 Å². The highest BCUT2D eigenvalue weighted by Crippen LogP contribution is 2.25. The molecule has 0 unspecified atom stereocenters. The second-order valence-corrected chi connectivity index (χ2v) is 5.79. The van der Waals surface area contributed by atoms with Crippen LogP contribution in [0.25, 0.3) is 10.2 Å². The summed E-state index contributed by atoms with van der Waals surface area (Å²) in [7, 11) is 0. The number of rotatable bonds is 3. The van der Waals surface area contributed by atoms with Crippen molar-refractivity contribution in [2.75, 3.05) is 0 Å². The van der Waals surface area contributed by atoms with Crippen LogP contribution in [-0.2, 0) is 6.54 Å². The van der Waals surface area contributed by atoms with Crippen molar-refractivity contribution in [3.8, 4) is 0 Å². The van der Waals surface area contributed by atoms with E-state index in [1.165, 1.54) is 4.70 Å². The van der Waals surface area contributed by atoms with Gasteiger partial charge in [0.15, 0.2) is 0 Å². The zero-order valence-corrected chi connectivity index (χ0v) is 11.2. The van der Waals surface area contributed by atoms with E-state index in [0.29, 0.717) is 6.04 Å². The Labute approximate surface area is 102 Å². The van der Waals surface area contributed by atoms with E-state index in [4.69, 9.17) is 0 Å². The molecule has 0 amide bonds. The van der Waals surface area contributed by atoms with Gasteiger partial charge < -0.3 is 5.32 Å². The van der Waals surface area contributed by atoms with Crippen molar-refractivity contribution in [2.24, 2.45) is 0 Å². The van der Waals surface area contributed by atoms with E-state index in [0.717, 1.165) is 21.5 Å². The van der Waals surface area contributed by atoms with Gasteiger partial charge in [0.1, 0.15) is 5.01 Å². The largest absolute Gasteiger partial charge is 0.308 e. The number of nitrogens with one attached hydrogen (secondary N) is 1. The first-order chi connectivity index (χ1) is 7.15. The summed E-state index contributed by atoms with van der Waals surface area (Å²) in [4.78, 5) is 4.57. The molecule has 2 aromatic rings. The molecule has 2 nitrogen and oxygen atoms in total. The molecule has 0 saturated heterocycles. The van der Waals surface area contributed by atoms with Crippen molar-refractivity contribution in [3.63, 3.8) is 0 Å². The Hall–Kier alpha value is -0.450. The number of hydrogen-bond donors (Lipinski definition) is 1. The molecule has 1 N–H and O–H groups in total. The zero-order chi connectivity index (χ0) is 10.8. The fraction of sp³-hybridized carbons (Fsp3) is 0.364. The molecule has 0 saturated carbocycles. The minimum absolute atomic E-state index is 0.503. The molecule has 0 aliphatic carbocycles. The van der Waals surface area contributed by atoms with Gasteiger partial charge in [-0.25, -0.2) is 4.98 Å². The van der Waals surface area contributed by atoms with Crippen LogP contribution in [0.5, 0.6) is 0 Å². The van der Waals surface area contributed by atoms with Gasteiger partial charge in [0, 0.05) is 17.1 Å². The van der Waals surface area contributed by atoms with Crippen molar-refractivity contribution < 1.29 is 0 Å². The van der Waals surface area contributed by atoms with E-state index >= 15 is 0 Å². The van der Waals surface area contributed by atoms with Crippen molar-refractivity contribution in [2.45, 2.75) is 26.4 Å². The number of halogens is 1. The highest BCUT2D eigenvalue weighted by Gasteiger charge is 2.04. The van der Waals surface area contributed by atoms with Gasteiger partial charge in [-0.05, 0) is 18.2 Å². The first kappa shape index (κ1) is 11.0. The molecule has 15 heavy (non-hydrogen) atoms. The smallest absolute Gasteiger partial charge is 0.108 e. The minimum Gasteiger partial charge on any atom is -0.308 e. The number of hydrogen-bond acceptors (Lipinski definition) is 3. The van der Waals surface area contributed by atoms with Crippen molar-refractivity contribution >= 4 is 37.5 Å². The van der Waals surface area contributed by atoms with Gasteiger partial charge >= 0.3 is 0 Å². The lowest BCUT2D eigenvalue weighted by Gasteiger charge is -2.04. The van der Waals surface area contributed by atoms with Crippen LogP contribution in [0.1, 0.15) is 18.9 Å². The molecule has 1 heterocycles. The van der Waals surface area contributed by atoms with Crippen molar-refractivity contribution in [3.05, 3.63) is 27.7 Å². The predicted octanol–water partition coefficient (Wildman–Crippen LogP) is 3.56. The van der Waals surface area contributed by atoms with Crippen LogP contribution >= 0.6 is 27.3 Å². The number of thiazole rings is 1. The summed E-state index contributed by atoms with van der Waals surface area (Å²) in [5.74, 6) is 0. The Morgan fingerprint density at radius 3 is 3.00 bits per heavy atom. The Kier molecular flexibility index (Phi) is 3.38. The molecule has 0 atom stereocenters. The fourth-order valence-electron chi connectivity index (χ4n) is 1.32. The molecule has 0 spiro atoms. The van der Waals surface area contributed by atoms with Crippen LogP contribution in [0, 0.1) is 0 Å². The van der Waals surface area contributed by atoms with Crippen LogP contribution < -0.4 is 5.32 Å². The molecule has 0 aliphatic rings. The standard InChI is InChI=1S/C11H13BrN2S/c1-7(2)13-6-11-14-9-5-8(12)3-4-10(9)15-11/h3-5,7,13H,6H2,1-2H3. The summed E-state index contributed by atoms with van der Waals surface area (Å²) in [5, 5.41) is 4.52. The maximum atomic E-state index is 4.57. The van der Waals surface area contributed by atoms with E-state index in [-0.39, 0.29) is 0 Å². The summed E-state index contributed by atoms with van der Waals surface area (Å²) in [6, 6.07) is 6.73. The Balaban J connectivity index is 2.23. The first-order valence-electron chi connectivity index (χ1n) is 4.93. The lowest BCUT2D eigenvalue weighted by molar-refractivity contribution is 0.588. The number of fused-ring (bicyclic) bond motifs is 1. The van der Waals surface area contributed by atoms with E-state index < -0.39 is 0 Å². The lowest BCUT2D eigenvalue weighted by Crippen LogP contribution is -2.21. The Morgan fingerprint density at radius 1 is 1.47 bits per heavy atom. The van der Waals surface area contributed by atoms with E-state index in [9.17, 15) is 0 Å². The van der Waals surface area contributed by atoms with Crippen molar-refractivity contribution in [1.82, 2.24) is 10.3 Å². The quantitative estimate of drug-likeness (QED) is 0.932. The average Bonchev–Trinajstić information content (AvgIpc) is 2.56. The highest BCUT2D eigenvalue weighted by molar-refractivity contribution is 9.10. The molecular weight excluding hydrogens is 272 g/mol. The Morgan fingerprint density at radius 2 is 2.27 bits per heavy atom. The average molecular weight is 285 g/mol. The summed E-state index contributed by atoms with van der Waals surface area (Å²) in [5.41, 5.74) is 1.08. The van der Waals surface area contributed by atoms with Crippen molar-refractivity contribution in [1.29, 1.82) is 0 Å².